The van der Waals surface area contributed by atoms with E-state index in [1.165, 1.54) is 11.3 Å². The van der Waals surface area contributed by atoms with Gasteiger partial charge in [0, 0.05) is 33.7 Å². The van der Waals surface area contributed by atoms with Gasteiger partial charge in [0.25, 0.3) is 5.91 Å². The van der Waals surface area contributed by atoms with Crippen molar-refractivity contribution in [2.75, 3.05) is 7.05 Å². The highest BCUT2D eigenvalue weighted by Gasteiger charge is 2.21. The maximum atomic E-state index is 12.5. The monoisotopic (exact) mass is 328 g/mol. The summed E-state index contributed by atoms with van der Waals surface area (Å²) in [5.74, 6) is -0.116. The molecule has 0 aliphatic carbocycles. The number of carbonyl (C=O) groups is 1. The van der Waals surface area contributed by atoms with Crippen molar-refractivity contribution in [3.63, 3.8) is 0 Å². The second kappa shape index (κ2) is 6.12. The zero-order chi connectivity index (χ0) is 14.9. The van der Waals surface area contributed by atoms with Gasteiger partial charge >= 0.3 is 0 Å². The number of carbonyl (C=O) groups excluding carboxylic acids is 1. The average Bonchev–Trinajstić information content (AvgIpc) is 2.95. The summed E-state index contributed by atoms with van der Waals surface area (Å²) in [6.07, 6.45) is 1.77. The first-order valence-electron chi connectivity index (χ1n) is 6.03. The second-order valence-electron chi connectivity index (χ2n) is 4.56. The van der Waals surface area contributed by atoms with Gasteiger partial charge in [0.05, 0.1) is 11.6 Å². The van der Waals surface area contributed by atoms with Crippen molar-refractivity contribution in [1.82, 2.24) is 9.88 Å². The molecule has 0 bridgehead atoms. The smallest absolute Gasteiger partial charge is 0.254 e. The van der Waals surface area contributed by atoms with Crippen LogP contribution >= 0.6 is 34.5 Å². The Morgan fingerprint density at radius 2 is 1.95 bits per heavy atom. The second-order valence-corrected chi connectivity index (χ2v) is 6.29. The number of aromatic nitrogens is 1. The van der Waals surface area contributed by atoms with Crippen molar-refractivity contribution >= 4 is 40.4 Å². The Morgan fingerprint density at radius 1 is 1.35 bits per heavy atom. The lowest BCUT2D eigenvalue weighted by atomic mass is 10.1. The van der Waals surface area contributed by atoms with Crippen LogP contribution in [0.15, 0.2) is 23.8 Å². The van der Waals surface area contributed by atoms with Crippen molar-refractivity contribution in [2.45, 2.75) is 19.9 Å². The zero-order valence-corrected chi connectivity index (χ0v) is 13.7. The predicted molar refractivity (Wildman–Crippen MR) is 83.8 cm³/mol. The Balaban J connectivity index is 2.27. The van der Waals surface area contributed by atoms with E-state index in [-0.39, 0.29) is 11.9 Å². The number of rotatable bonds is 3. The number of hydrogen-bond acceptors (Lipinski definition) is 3. The fraction of sp³-hybridized carbons (Fsp3) is 0.286. The molecule has 106 valence electrons. The van der Waals surface area contributed by atoms with Gasteiger partial charge in [0.15, 0.2) is 0 Å². The number of thiazole rings is 1. The van der Waals surface area contributed by atoms with Crippen LogP contribution in [0.1, 0.15) is 33.8 Å². The number of halogens is 2. The summed E-state index contributed by atoms with van der Waals surface area (Å²) in [7, 11) is 1.76. The van der Waals surface area contributed by atoms with Crippen molar-refractivity contribution in [3.05, 3.63) is 49.9 Å². The summed E-state index contributed by atoms with van der Waals surface area (Å²) in [6.45, 7) is 3.78. The van der Waals surface area contributed by atoms with Gasteiger partial charge in [-0.2, -0.15) is 0 Å². The molecule has 0 radical (unpaired) electrons. The van der Waals surface area contributed by atoms with Crippen molar-refractivity contribution in [3.8, 4) is 0 Å². The third kappa shape index (κ3) is 2.97. The van der Waals surface area contributed by atoms with Gasteiger partial charge in [-0.3, -0.25) is 9.78 Å². The molecule has 0 saturated carbocycles. The number of benzene rings is 1. The molecule has 1 aromatic heterocycles. The Bertz CT molecular complexity index is 605. The Labute approximate surface area is 132 Å². The van der Waals surface area contributed by atoms with Crippen molar-refractivity contribution < 1.29 is 4.79 Å². The molecule has 0 aliphatic rings. The van der Waals surface area contributed by atoms with E-state index in [0.717, 1.165) is 10.4 Å². The van der Waals surface area contributed by atoms with Crippen LogP contribution in [-0.4, -0.2) is 22.8 Å². The molecule has 1 amide bonds. The fourth-order valence-electron chi connectivity index (χ4n) is 1.77. The molecule has 0 aliphatic heterocycles. The summed E-state index contributed by atoms with van der Waals surface area (Å²) in [4.78, 5) is 19.2. The van der Waals surface area contributed by atoms with E-state index < -0.39 is 0 Å². The largest absolute Gasteiger partial charge is 0.334 e. The van der Waals surface area contributed by atoms with Crippen LogP contribution in [-0.2, 0) is 0 Å². The summed E-state index contributed by atoms with van der Waals surface area (Å²) < 4.78 is 0. The maximum absolute atomic E-state index is 12.5. The van der Waals surface area contributed by atoms with Crippen molar-refractivity contribution in [1.29, 1.82) is 0 Å². The molecular formula is C14H14Cl2N2OS. The molecule has 3 nitrogen and oxygen atoms in total. The van der Waals surface area contributed by atoms with Crippen LogP contribution in [0, 0.1) is 6.92 Å². The maximum Gasteiger partial charge on any atom is 0.254 e. The molecule has 0 unspecified atom stereocenters. The van der Waals surface area contributed by atoms with E-state index in [1.807, 2.05) is 13.8 Å². The van der Waals surface area contributed by atoms with Crippen LogP contribution in [0.25, 0.3) is 0 Å². The molecule has 2 rings (SSSR count). The number of hydrogen-bond donors (Lipinski definition) is 0. The van der Waals surface area contributed by atoms with Crippen molar-refractivity contribution in [2.24, 2.45) is 0 Å². The van der Waals surface area contributed by atoms with Gasteiger partial charge in [0.2, 0.25) is 0 Å². The molecule has 0 fully saturated rings. The molecule has 2 aromatic rings. The third-order valence-corrected chi connectivity index (χ3v) is 5.02. The highest BCUT2D eigenvalue weighted by molar-refractivity contribution is 7.09. The summed E-state index contributed by atoms with van der Waals surface area (Å²) in [6, 6.07) is 3.26. The van der Waals surface area contributed by atoms with Gasteiger partial charge in [-0.1, -0.05) is 23.2 Å². The minimum atomic E-state index is -0.116. The van der Waals surface area contributed by atoms with Crippen LogP contribution in [0.3, 0.4) is 0 Å². The highest BCUT2D eigenvalue weighted by atomic mass is 35.5. The van der Waals surface area contributed by atoms with E-state index in [1.54, 1.807) is 35.8 Å². The lowest BCUT2D eigenvalue weighted by Crippen LogP contribution is -2.29. The molecule has 1 atom stereocenters. The molecule has 0 spiro atoms. The SMILES string of the molecule is Cc1c(Cl)cc(C(=O)N(C)[C@@H](C)c2cncs2)cc1Cl. The van der Waals surface area contributed by atoms with E-state index >= 15 is 0 Å². The summed E-state index contributed by atoms with van der Waals surface area (Å²) in [5, 5.41) is 0.999. The number of amides is 1. The van der Waals surface area contributed by atoms with Crippen LogP contribution < -0.4 is 0 Å². The number of nitrogens with zero attached hydrogens (tertiary/aromatic N) is 2. The fourth-order valence-corrected chi connectivity index (χ4v) is 2.98. The first-order chi connectivity index (χ1) is 9.41. The highest BCUT2D eigenvalue weighted by Crippen LogP contribution is 2.28. The molecule has 0 saturated heterocycles. The Hall–Kier alpha value is -1.10. The molecule has 1 aromatic carbocycles. The standard InChI is InChI=1S/C14H14Cl2N2OS/c1-8-11(15)4-10(5-12(8)16)14(19)18(3)9(2)13-6-17-7-20-13/h4-7,9H,1-3H3/t9-/m0/s1. The summed E-state index contributed by atoms with van der Waals surface area (Å²) in [5.41, 5.74) is 3.02. The topological polar surface area (TPSA) is 33.2 Å². The van der Waals surface area contributed by atoms with E-state index in [2.05, 4.69) is 4.98 Å². The Kier molecular flexibility index (Phi) is 4.68. The van der Waals surface area contributed by atoms with Gasteiger partial charge < -0.3 is 4.90 Å². The summed E-state index contributed by atoms with van der Waals surface area (Å²) >= 11 is 13.7. The van der Waals surface area contributed by atoms with E-state index in [4.69, 9.17) is 23.2 Å². The van der Waals surface area contributed by atoms with Crippen LogP contribution in [0.4, 0.5) is 0 Å². The minimum absolute atomic E-state index is 0.0474. The third-order valence-electron chi connectivity index (χ3n) is 3.29. The van der Waals surface area contributed by atoms with Gasteiger partial charge in [0.1, 0.15) is 0 Å². The van der Waals surface area contributed by atoms with E-state index in [9.17, 15) is 4.79 Å². The quantitative estimate of drug-likeness (QED) is 0.825. The molecule has 1 heterocycles. The Morgan fingerprint density at radius 3 is 2.45 bits per heavy atom. The first-order valence-corrected chi connectivity index (χ1v) is 7.66. The van der Waals surface area contributed by atoms with E-state index in [0.29, 0.717) is 15.6 Å². The first kappa shape index (κ1) is 15.3. The zero-order valence-electron chi connectivity index (χ0n) is 11.4. The van der Waals surface area contributed by atoms with Gasteiger partial charge in [-0.15, -0.1) is 11.3 Å². The molecule has 20 heavy (non-hydrogen) atoms. The molecular weight excluding hydrogens is 315 g/mol. The normalized spacial score (nSPS) is 12.2. The molecule has 0 N–H and O–H groups in total. The lowest BCUT2D eigenvalue weighted by Gasteiger charge is -2.24. The van der Waals surface area contributed by atoms with Gasteiger partial charge in [-0.05, 0) is 31.5 Å². The van der Waals surface area contributed by atoms with Crippen LogP contribution in [0.5, 0.6) is 0 Å². The lowest BCUT2D eigenvalue weighted by molar-refractivity contribution is 0.0745. The predicted octanol–water partition coefficient (Wildman–Crippen LogP) is 4.59. The molecule has 6 heteroatoms. The minimum Gasteiger partial charge on any atom is -0.334 e. The van der Waals surface area contributed by atoms with Gasteiger partial charge in [-0.25, -0.2) is 0 Å². The van der Waals surface area contributed by atoms with Crippen LogP contribution in [0.2, 0.25) is 10.0 Å². The average molecular weight is 329 g/mol.